The highest BCUT2D eigenvalue weighted by Gasteiger charge is 2.18. The highest BCUT2D eigenvalue weighted by molar-refractivity contribution is 6.43. The molecule has 130 valence electrons. The highest BCUT2D eigenvalue weighted by atomic mass is 35.5. The maximum atomic E-state index is 11.9. The largest absolute Gasteiger partial charge is 0.477 e. The van der Waals surface area contributed by atoms with E-state index in [-0.39, 0.29) is 0 Å². The van der Waals surface area contributed by atoms with Gasteiger partial charge in [-0.2, -0.15) is 0 Å². The number of carbonyl (C=O) groups excluding carboxylic acids is 1. The molecule has 6 heteroatoms. The summed E-state index contributed by atoms with van der Waals surface area (Å²) in [4.78, 5) is 11.9. The summed E-state index contributed by atoms with van der Waals surface area (Å²) in [7, 11) is 0. The zero-order valence-corrected chi connectivity index (χ0v) is 16.0. The van der Waals surface area contributed by atoms with Crippen LogP contribution in [0.4, 0.5) is 0 Å². The molecule has 1 aromatic rings. The molecule has 0 spiro atoms. The third-order valence-corrected chi connectivity index (χ3v) is 4.50. The monoisotopic (exact) mass is 380 g/mol. The second-order valence-corrected chi connectivity index (χ2v) is 6.88. The quantitative estimate of drug-likeness (QED) is 0.291. The Labute approximate surface area is 153 Å². The van der Waals surface area contributed by atoms with Crippen LogP contribution in [0, 0.1) is 5.92 Å². The molecule has 2 atom stereocenters. The molecule has 1 aromatic carbocycles. The van der Waals surface area contributed by atoms with Crippen LogP contribution in [0.2, 0.25) is 15.1 Å². The normalized spacial score (nSPS) is 13.5. The van der Waals surface area contributed by atoms with Gasteiger partial charge < -0.3 is 9.47 Å². The Kier molecular flexibility index (Phi) is 9.11. The minimum absolute atomic E-state index is 0.299. The molecule has 23 heavy (non-hydrogen) atoms. The van der Waals surface area contributed by atoms with Crippen molar-refractivity contribution >= 4 is 40.8 Å². The number of carbonyl (C=O) groups is 1. The van der Waals surface area contributed by atoms with E-state index in [0.717, 1.165) is 12.8 Å². The SMILES string of the molecule is CCCC(C)CCCOC(=O)C(C)Oc1cc(Cl)c(Cl)cc1Cl. The summed E-state index contributed by atoms with van der Waals surface area (Å²) < 4.78 is 10.7. The van der Waals surface area contributed by atoms with Crippen LogP contribution in [0.25, 0.3) is 0 Å². The Morgan fingerprint density at radius 1 is 1.09 bits per heavy atom. The first kappa shape index (κ1) is 20.4. The topological polar surface area (TPSA) is 35.5 Å². The second kappa shape index (κ2) is 10.3. The Morgan fingerprint density at radius 3 is 2.39 bits per heavy atom. The molecule has 3 nitrogen and oxygen atoms in total. The van der Waals surface area contributed by atoms with Crippen molar-refractivity contribution < 1.29 is 14.3 Å². The van der Waals surface area contributed by atoms with Gasteiger partial charge in [-0.3, -0.25) is 0 Å². The van der Waals surface area contributed by atoms with Crippen molar-refractivity contribution in [3.8, 4) is 5.75 Å². The maximum absolute atomic E-state index is 11.9. The second-order valence-electron chi connectivity index (χ2n) is 5.66. The van der Waals surface area contributed by atoms with E-state index in [1.165, 1.54) is 25.0 Å². The van der Waals surface area contributed by atoms with E-state index in [1.807, 2.05) is 0 Å². The predicted octanol–water partition coefficient (Wildman–Crippen LogP) is 6.17. The van der Waals surface area contributed by atoms with E-state index in [1.54, 1.807) is 6.92 Å². The van der Waals surface area contributed by atoms with Crippen molar-refractivity contribution in [3.63, 3.8) is 0 Å². The average molecular weight is 382 g/mol. The minimum Gasteiger partial charge on any atom is -0.477 e. The van der Waals surface area contributed by atoms with Gasteiger partial charge in [0.05, 0.1) is 21.7 Å². The van der Waals surface area contributed by atoms with Crippen molar-refractivity contribution in [1.29, 1.82) is 0 Å². The molecule has 0 bridgehead atoms. The van der Waals surface area contributed by atoms with Crippen LogP contribution in [0.5, 0.6) is 5.75 Å². The van der Waals surface area contributed by atoms with Crippen LogP contribution >= 0.6 is 34.8 Å². The highest BCUT2D eigenvalue weighted by Crippen LogP contribution is 2.34. The number of ether oxygens (including phenoxy) is 2. The number of esters is 1. The first-order valence-corrected chi connectivity index (χ1v) is 8.96. The number of benzene rings is 1. The van der Waals surface area contributed by atoms with E-state index >= 15 is 0 Å². The molecule has 1 rings (SSSR count). The maximum Gasteiger partial charge on any atom is 0.347 e. The lowest BCUT2D eigenvalue weighted by molar-refractivity contribution is -0.151. The predicted molar refractivity (Wildman–Crippen MR) is 95.8 cm³/mol. The molecule has 0 N–H and O–H groups in total. The summed E-state index contributed by atoms with van der Waals surface area (Å²) in [6.45, 7) is 6.39. The van der Waals surface area contributed by atoms with Gasteiger partial charge in [-0.15, -0.1) is 0 Å². The molecular weight excluding hydrogens is 359 g/mol. The van der Waals surface area contributed by atoms with Gasteiger partial charge in [0.25, 0.3) is 0 Å². The fourth-order valence-corrected chi connectivity index (χ4v) is 2.77. The van der Waals surface area contributed by atoms with E-state index in [4.69, 9.17) is 44.3 Å². The van der Waals surface area contributed by atoms with Gasteiger partial charge in [0.2, 0.25) is 0 Å². The molecule has 0 aliphatic heterocycles. The molecule has 0 amide bonds. The smallest absolute Gasteiger partial charge is 0.347 e. The number of hydrogen-bond donors (Lipinski definition) is 0. The number of halogens is 3. The summed E-state index contributed by atoms with van der Waals surface area (Å²) in [5.41, 5.74) is 0. The average Bonchev–Trinajstić information content (AvgIpc) is 2.49. The summed E-state index contributed by atoms with van der Waals surface area (Å²) in [5, 5.41) is 0.949. The Hall–Kier alpha value is -0.640. The molecule has 0 saturated heterocycles. The van der Waals surface area contributed by atoms with E-state index in [2.05, 4.69) is 13.8 Å². The van der Waals surface area contributed by atoms with Crippen LogP contribution in [0.1, 0.15) is 46.5 Å². The van der Waals surface area contributed by atoms with Crippen LogP contribution in [0.3, 0.4) is 0 Å². The summed E-state index contributed by atoms with van der Waals surface area (Å²) in [6, 6.07) is 2.97. The molecule has 0 fully saturated rings. The standard InChI is InChI=1S/C17H23Cl3O3/c1-4-6-11(2)7-5-8-22-17(21)12(3)23-16-10-14(19)13(18)9-15(16)20/h9-12H,4-8H2,1-3H3. The van der Waals surface area contributed by atoms with E-state index < -0.39 is 12.1 Å². The van der Waals surface area contributed by atoms with E-state index in [0.29, 0.717) is 33.3 Å². The first-order valence-electron chi connectivity index (χ1n) is 7.83. The Morgan fingerprint density at radius 2 is 1.74 bits per heavy atom. The summed E-state index contributed by atoms with van der Waals surface area (Å²) in [6.07, 6.45) is 3.51. The fraction of sp³-hybridized carbons (Fsp3) is 0.588. The fourth-order valence-electron chi connectivity index (χ4n) is 2.19. The van der Waals surface area contributed by atoms with Crippen molar-refractivity contribution in [2.75, 3.05) is 6.61 Å². The van der Waals surface area contributed by atoms with Crippen LogP contribution in [-0.4, -0.2) is 18.7 Å². The molecule has 2 unspecified atom stereocenters. The third kappa shape index (κ3) is 7.19. The molecule has 0 aliphatic rings. The Balaban J connectivity index is 2.41. The minimum atomic E-state index is -0.766. The van der Waals surface area contributed by atoms with Crippen molar-refractivity contribution in [3.05, 3.63) is 27.2 Å². The third-order valence-electron chi connectivity index (χ3n) is 3.48. The van der Waals surface area contributed by atoms with Gasteiger partial charge in [0, 0.05) is 6.07 Å². The van der Waals surface area contributed by atoms with Gasteiger partial charge in [-0.05, 0) is 31.7 Å². The van der Waals surface area contributed by atoms with Gasteiger partial charge >= 0.3 is 5.97 Å². The molecule has 0 heterocycles. The molecule has 0 aliphatic carbocycles. The molecular formula is C17H23Cl3O3. The Bertz CT molecular complexity index is 520. The lowest BCUT2D eigenvalue weighted by Crippen LogP contribution is -2.26. The zero-order chi connectivity index (χ0) is 17.4. The molecule has 0 radical (unpaired) electrons. The summed E-state index contributed by atoms with van der Waals surface area (Å²) in [5.74, 6) is 0.541. The zero-order valence-electron chi connectivity index (χ0n) is 13.7. The van der Waals surface area contributed by atoms with Crippen LogP contribution < -0.4 is 4.74 Å². The van der Waals surface area contributed by atoms with Gasteiger partial charge in [-0.1, -0.05) is 61.5 Å². The lowest BCUT2D eigenvalue weighted by atomic mass is 10.0. The van der Waals surface area contributed by atoms with Gasteiger partial charge in [0.15, 0.2) is 6.10 Å². The summed E-state index contributed by atoms with van der Waals surface area (Å²) >= 11 is 17.8. The van der Waals surface area contributed by atoms with Gasteiger partial charge in [-0.25, -0.2) is 4.79 Å². The number of hydrogen-bond acceptors (Lipinski definition) is 3. The van der Waals surface area contributed by atoms with Crippen LogP contribution in [0.15, 0.2) is 12.1 Å². The lowest BCUT2D eigenvalue weighted by Gasteiger charge is -2.16. The molecule has 0 saturated carbocycles. The van der Waals surface area contributed by atoms with E-state index in [9.17, 15) is 4.79 Å². The molecule has 0 aromatic heterocycles. The number of rotatable bonds is 9. The van der Waals surface area contributed by atoms with Gasteiger partial charge in [0.1, 0.15) is 5.75 Å². The van der Waals surface area contributed by atoms with Crippen molar-refractivity contribution in [2.24, 2.45) is 5.92 Å². The van der Waals surface area contributed by atoms with Crippen LogP contribution in [-0.2, 0) is 9.53 Å². The van der Waals surface area contributed by atoms with Crippen molar-refractivity contribution in [1.82, 2.24) is 0 Å². The first-order chi connectivity index (χ1) is 10.8. The van der Waals surface area contributed by atoms with Crippen molar-refractivity contribution in [2.45, 2.75) is 52.6 Å².